The van der Waals surface area contributed by atoms with Crippen molar-refractivity contribution in [3.63, 3.8) is 0 Å². The average molecular weight is 261 g/mol. The maximum Gasteiger partial charge on any atom is 0.242 e. The quantitative estimate of drug-likeness (QED) is 0.577. The zero-order chi connectivity index (χ0) is 12.7. The molecule has 17 heavy (non-hydrogen) atoms. The van der Waals surface area contributed by atoms with Crippen molar-refractivity contribution in [3.05, 3.63) is 18.0 Å². The Kier molecular flexibility index (Phi) is 5.63. The molecule has 98 valence electrons. The summed E-state index contributed by atoms with van der Waals surface area (Å²) >= 11 is 0. The van der Waals surface area contributed by atoms with Gasteiger partial charge in [0.1, 0.15) is 0 Å². The van der Waals surface area contributed by atoms with Crippen LogP contribution in [0.4, 0.5) is 0 Å². The number of aromatic amines is 1. The van der Waals surface area contributed by atoms with E-state index < -0.39 is 10.0 Å². The van der Waals surface area contributed by atoms with Crippen molar-refractivity contribution in [2.24, 2.45) is 0 Å². The second kappa shape index (κ2) is 6.75. The Labute approximate surface area is 102 Å². The van der Waals surface area contributed by atoms with Gasteiger partial charge in [0.15, 0.2) is 0 Å². The lowest BCUT2D eigenvalue weighted by molar-refractivity contribution is 0.196. The monoisotopic (exact) mass is 261 g/mol. The number of nitrogens with one attached hydrogen (secondary N) is 3. The topological polar surface area (TPSA) is 83.2 Å². The van der Waals surface area contributed by atoms with Crippen LogP contribution < -0.4 is 10.0 Å². The second-order valence-corrected chi connectivity index (χ2v) is 5.40. The summed E-state index contributed by atoms with van der Waals surface area (Å²) < 4.78 is 31.0. The predicted molar refractivity (Wildman–Crippen MR) is 65.2 cm³/mol. The number of hydrogen-bond acceptors (Lipinski definition) is 4. The lowest BCUT2D eigenvalue weighted by Crippen LogP contribution is -2.25. The normalized spacial score (nSPS) is 11.9. The summed E-state index contributed by atoms with van der Waals surface area (Å²) in [4.78, 5) is 3.17. The van der Waals surface area contributed by atoms with Crippen LogP contribution in [0.5, 0.6) is 0 Å². The van der Waals surface area contributed by atoms with Crippen LogP contribution in [0, 0.1) is 0 Å². The van der Waals surface area contributed by atoms with E-state index in [2.05, 4.69) is 15.0 Å². The van der Waals surface area contributed by atoms with Crippen molar-refractivity contribution in [3.8, 4) is 0 Å². The number of sulfonamides is 1. The number of rotatable bonds is 8. The van der Waals surface area contributed by atoms with Gasteiger partial charge in [-0.2, -0.15) is 0 Å². The van der Waals surface area contributed by atoms with E-state index in [-0.39, 0.29) is 4.90 Å². The van der Waals surface area contributed by atoms with Gasteiger partial charge < -0.3 is 15.0 Å². The molecule has 1 aromatic heterocycles. The number of aromatic nitrogens is 1. The molecule has 0 atom stereocenters. The van der Waals surface area contributed by atoms with Crippen molar-refractivity contribution in [2.75, 3.05) is 27.3 Å². The van der Waals surface area contributed by atoms with Crippen molar-refractivity contribution in [1.29, 1.82) is 0 Å². The Balaban J connectivity index is 2.56. The first kappa shape index (κ1) is 14.2. The molecule has 0 spiro atoms. The second-order valence-electron chi connectivity index (χ2n) is 3.64. The minimum Gasteiger partial charge on any atom is -0.385 e. The number of ether oxygens (including phenoxy) is 1. The fraction of sp³-hybridized carbons (Fsp3) is 0.600. The van der Waals surface area contributed by atoms with Crippen LogP contribution in [0.2, 0.25) is 0 Å². The third-order valence-electron chi connectivity index (χ3n) is 2.21. The predicted octanol–water partition coefficient (Wildman–Crippen LogP) is 0.0489. The van der Waals surface area contributed by atoms with Crippen LogP contribution in [-0.4, -0.2) is 40.7 Å². The highest BCUT2D eigenvalue weighted by Crippen LogP contribution is 2.10. The Morgan fingerprint density at radius 2 is 2.24 bits per heavy atom. The smallest absolute Gasteiger partial charge is 0.242 e. The summed E-state index contributed by atoms with van der Waals surface area (Å²) in [6, 6.07) is 1.62. The number of hydrogen-bond donors (Lipinski definition) is 3. The van der Waals surface area contributed by atoms with Crippen LogP contribution in [0.1, 0.15) is 12.1 Å². The Bertz CT molecular complexity index is 428. The van der Waals surface area contributed by atoms with Crippen molar-refractivity contribution < 1.29 is 13.2 Å². The molecule has 3 N–H and O–H groups in total. The summed E-state index contributed by atoms with van der Waals surface area (Å²) in [6.07, 6.45) is 2.15. The summed E-state index contributed by atoms with van der Waals surface area (Å²) in [6.45, 7) is 1.53. The molecular formula is C10H19N3O3S. The van der Waals surface area contributed by atoms with E-state index in [1.54, 1.807) is 20.2 Å². The SMILES string of the molecule is CNCc1cc(S(=O)(=O)NCCCOC)c[nH]1. The maximum absolute atomic E-state index is 11.8. The van der Waals surface area contributed by atoms with Gasteiger partial charge in [-0.25, -0.2) is 13.1 Å². The van der Waals surface area contributed by atoms with Gasteiger partial charge in [0.05, 0.1) is 4.90 Å². The van der Waals surface area contributed by atoms with E-state index in [1.165, 1.54) is 6.20 Å². The molecule has 1 heterocycles. The molecule has 0 aliphatic rings. The van der Waals surface area contributed by atoms with Gasteiger partial charge in [-0.05, 0) is 19.5 Å². The molecule has 0 unspecified atom stereocenters. The van der Waals surface area contributed by atoms with Gasteiger partial charge in [0.25, 0.3) is 0 Å². The molecule has 6 nitrogen and oxygen atoms in total. The first-order chi connectivity index (χ1) is 8.10. The highest BCUT2D eigenvalue weighted by Gasteiger charge is 2.14. The molecule has 0 aliphatic heterocycles. The minimum absolute atomic E-state index is 0.264. The molecule has 0 aliphatic carbocycles. The fourth-order valence-corrected chi connectivity index (χ4v) is 2.46. The van der Waals surface area contributed by atoms with Crippen LogP contribution in [-0.2, 0) is 21.3 Å². The van der Waals surface area contributed by atoms with Gasteiger partial charge in [0, 0.05) is 38.7 Å². The summed E-state index contributed by atoms with van der Waals surface area (Å²) in [5.41, 5.74) is 0.838. The standard InChI is InChI=1S/C10H19N3O3S/c1-11-7-9-6-10(8-12-9)17(14,15)13-4-3-5-16-2/h6,8,11-13H,3-5,7H2,1-2H3. The number of H-pyrrole nitrogens is 1. The zero-order valence-electron chi connectivity index (χ0n) is 10.1. The molecule has 0 saturated carbocycles. The molecule has 1 aromatic rings. The van der Waals surface area contributed by atoms with Crippen molar-refractivity contribution in [1.82, 2.24) is 15.0 Å². The first-order valence-electron chi connectivity index (χ1n) is 5.40. The van der Waals surface area contributed by atoms with Crippen molar-refractivity contribution in [2.45, 2.75) is 17.9 Å². The molecule has 1 rings (SSSR count). The molecule has 0 amide bonds. The van der Waals surface area contributed by atoms with Crippen LogP contribution >= 0.6 is 0 Å². The third-order valence-corrected chi connectivity index (χ3v) is 3.65. The summed E-state index contributed by atoms with van der Waals surface area (Å²) in [5.74, 6) is 0. The van der Waals surface area contributed by atoms with Gasteiger partial charge >= 0.3 is 0 Å². The van der Waals surface area contributed by atoms with E-state index in [9.17, 15) is 8.42 Å². The van der Waals surface area contributed by atoms with E-state index >= 15 is 0 Å². The van der Waals surface area contributed by atoms with Crippen LogP contribution in [0.25, 0.3) is 0 Å². The van der Waals surface area contributed by atoms with E-state index in [0.717, 1.165) is 5.69 Å². The molecule has 7 heteroatoms. The highest BCUT2D eigenvalue weighted by molar-refractivity contribution is 7.89. The lowest BCUT2D eigenvalue weighted by Gasteiger charge is -2.03. The molecule has 0 bridgehead atoms. The van der Waals surface area contributed by atoms with E-state index in [1.807, 2.05) is 0 Å². The minimum atomic E-state index is -3.40. The van der Waals surface area contributed by atoms with Crippen LogP contribution in [0.3, 0.4) is 0 Å². The molecule has 0 fully saturated rings. The van der Waals surface area contributed by atoms with E-state index in [4.69, 9.17) is 4.74 Å². The molecule has 0 saturated heterocycles. The average Bonchev–Trinajstić information content (AvgIpc) is 2.74. The Hall–Kier alpha value is -0.890. The first-order valence-corrected chi connectivity index (χ1v) is 6.89. The van der Waals surface area contributed by atoms with Gasteiger partial charge in [-0.15, -0.1) is 0 Å². The maximum atomic E-state index is 11.8. The Morgan fingerprint density at radius 1 is 1.47 bits per heavy atom. The molecule has 0 aromatic carbocycles. The van der Waals surface area contributed by atoms with Gasteiger partial charge in [-0.1, -0.05) is 0 Å². The highest BCUT2D eigenvalue weighted by atomic mass is 32.2. The largest absolute Gasteiger partial charge is 0.385 e. The van der Waals surface area contributed by atoms with Crippen molar-refractivity contribution >= 4 is 10.0 Å². The van der Waals surface area contributed by atoms with Crippen LogP contribution in [0.15, 0.2) is 17.2 Å². The molecule has 0 radical (unpaired) electrons. The summed E-state index contributed by atoms with van der Waals surface area (Å²) in [5, 5.41) is 2.95. The van der Waals surface area contributed by atoms with E-state index in [0.29, 0.717) is 26.1 Å². The molecular weight excluding hydrogens is 242 g/mol. The Morgan fingerprint density at radius 3 is 2.88 bits per heavy atom. The lowest BCUT2D eigenvalue weighted by atomic mass is 10.4. The number of methoxy groups -OCH3 is 1. The van der Waals surface area contributed by atoms with Gasteiger partial charge in [-0.3, -0.25) is 0 Å². The summed E-state index contributed by atoms with van der Waals surface area (Å²) in [7, 11) is -0.0112. The third kappa shape index (κ3) is 4.47. The zero-order valence-corrected chi connectivity index (χ0v) is 10.9. The fourth-order valence-electron chi connectivity index (χ4n) is 1.37. The van der Waals surface area contributed by atoms with Gasteiger partial charge in [0.2, 0.25) is 10.0 Å².